The third-order valence-corrected chi connectivity index (χ3v) is 8.57. The molecular formula is C36H23BN2. The third kappa shape index (κ3) is 2.77. The van der Waals surface area contributed by atoms with Crippen LogP contribution in [0.15, 0.2) is 140 Å². The van der Waals surface area contributed by atoms with Gasteiger partial charge in [-0.2, -0.15) is 0 Å². The monoisotopic (exact) mass is 494 g/mol. The first kappa shape index (κ1) is 21.0. The smallest absolute Gasteiger partial charge is 0.333 e. The standard InChI is InChI=1S/C36H23BN2/c1-3-11-24(12-4-1)25-21-22-32-30(23-25)29-17-10-20-34-36(29)37-35-28(27-15-7-8-18-31(27)39(32)37)16-9-19-33(35)38(34)26-13-5-2-6-14-26/h1-23H. The molecule has 0 atom stereocenters. The van der Waals surface area contributed by atoms with Crippen molar-refractivity contribution in [3.8, 4) is 33.4 Å². The molecule has 2 nitrogen and oxygen atoms in total. The van der Waals surface area contributed by atoms with Crippen LogP contribution in [0.5, 0.6) is 0 Å². The van der Waals surface area contributed by atoms with E-state index in [9.17, 15) is 0 Å². The number of nitrogens with zero attached hydrogens (tertiary/aromatic N) is 2. The fourth-order valence-electron chi connectivity index (χ4n) is 7.02. The summed E-state index contributed by atoms with van der Waals surface area (Å²) in [5.41, 5.74) is 16.7. The van der Waals surface area contributed by atoms with Crippen molar-refractivity contribution < 1.29 is 0 Å². The number of para-hydroxylation sites is 2. The molecule has 0 amide bonds. The van der Waals surface area contributed by atoms with Crippen molar-refractivity contribution in [1.82, 2.24) is 0 Å². The van der Waals surface area contributed by atoms with Crippen LogP contribution in [-0.4, -0.2) is 6.85 Å². The van der Waals surface area contributed by atoms with E-state index < -0.39 is 0 Å². The van der Waals surface area contributed by atoms with Crippen LogP contribution in [0.3, 0.4) is 0 Å². The van der Waals surface area contributed by atoms with Crippen molar-refractivity contribution in [2.24, 2.45) is 0 Å². The molecule has 0 aromatic heterocycles. The van der Waals surface area contributed by atoms with Crippen molar-refractivity contribution in [3.05, 3.63) is 140 Å². The van der Waals surface area contributed by atoms with Gasteiger partial charge in [-0.15, -0.1) is 0 Å². The van der Waals surface area contributed by atoms with Crippen molar-refractivity contribution in [2.75, 3.05) is 9.71 Å². The lowest BCUT2D eigenvalue weighted by molar-refractivity contribution is 1.26. The molecule has 0 radical (unpaired) electrons. The molecule has 180 valence electrons. The maximum atomic E-state index is 2.60. The Labute approximate surface area is 228 Å². The van der Waals surface area contributed by atoms with Gasteiger partial charge >= 0.3 is 6.85 Å². The summed E-state index contributed by atoms with van der Waals surface area (Å²) < 4.78 is 0. The normalized spacial score (nSPS) is 13.5. The summed E-state index contributed by atoms with van der Waals surface area (Å²) in [5.74, 6) is 0. The predicted octanol–water partition coefficient (Wildman–Crippen LogP) is 8.04. The van der Waals surface area contributed by atoms with E-state index in [0.29, 0.717) is 0 Å². The van der Waals surface area contributed by atoms with E-state index in [-0.39, 0.29) is 6.85 Å². The Morgan fingerprint density at radius 3 is 1.69 bits per heavy atom. The van der Waals surface area contributed by atoms with Crippen molar-refractivity contribution in [2.45, 2.75) is 0 Å². The number of hydrogen-bond acceptors (Lipinski definition) is 2. The second-order valence-electron chi connectivity index (χ2n) is 10.5. The van der Waals surface area contributed by atoms with Crippen LogP contribution < -0.4 is 20.6 Å². The van der Waals surface area contributed by atoms with Gasteiger partial charge in [-0.25, -0.2) is 0 Å². The van der Waals surface area contributed by atoms with Crippen LogP contribution in [-0.2, 0) is 0 Å². The fraction of sp³-hybridized carbons (Fsp3) is 0. The van der Waals surface area contributed by atoms with E-state index in [0.717, 1.165) is 0 Å². The Kier molecular flexibility index (Phi) is 4.17. The van der Waals surface area contributed by atoms with Crippen LogP contribution >= 0.6 is 0 Å². The first-order valence-electron chi connectivity index (χ1n) is 13.6. The first-order chi connectivity index (χ1) is 19.4. The molecule has 9 rings (SSSR count). The molecule has 0 bridgehead atoms. The summed E-state index contributed by atoms with van der Waals surface area (Å²) >= 11 is 0. The molecule has 0 unspecified atom stereocenters. The minimum atomic E-state index is 0.118. The fourth-order valence-corrected chi connectivity index (χ4v) is 7.02. The van der Waals surface area contributed by atoms with Crippen molar-refractivity contribution >= 4 is 46.2 Å². The van der Waals surface area contributed by atoms with Gasteiger partial charge in [0.25, 0.3) is 0 Å². The molecule has 0 spiro atoms. The van der Waals surface area contributed by atoms with Gasteiger partial charge in [0.05, 0.1) is 0 Å². The number of hydrogen-bond donors (Lipinski definition) is 0. The number of fused-ring (bicyclic) bond motifs is 6. The van der Waals surface area contributed by atoms with Crippen LogP contribution in [0.4, 0.5) is 28.4 Å². The molecule has 3 heteroatoms. The minimum absolute atomic E-state index is 0.118. The van der Waals surface area contributed by atoms with Crippen molar-refractivity contribution in [3.63, 3.8) is 0 Å². The molecule has 0 saturated heterocycles. The summed E-state index contributed by atoms with van der Waals surface area (Å²) in [7, 11) is 0. The summed E-state index contributed by atoms with van der Waals surface area (Å²) in [5, 5.41) is 0. The zero-order chi connectivity index (χ0) is 25.5. The molecule has 0 N–H and O–H groups in total. The Morgan fingerprint density at radius 2 is 0.949 bits per heavy atom. The highest BCUT2D eigenvalue weighted by Crippen LogP contribution is 2.51. The summed E-state index contributed by atoms with van der Waals surface area (Å²) in [6, 6.07) is 51.1. The quantitative estimate of drug-likeness (QED) is 0.225. The molecule has 6 aromatic carbocycles. The van der Waals surface area contributed by atoms with Gasteiger partial charge in [-0.3, -0.25) is 0 Å². The average Bonchev–Trinajstić information content (AvgIpc) is 3.02. The first-order valence-corrected chi connectivity index (χ1v) is 13.6. The second-order valence-corrected chi connectivity index (χ2v) is 10.5. The molecule has 6 aromatic rings. The molecule has 3 aliphatic heterocycles. The summed E-state index contributed by atoms with van der Waals surface area (Å²) in [4.78, 5) is 5.06. The van der Waals surface area contributed by atoms with Gasteiger partial charge in [0, 0.05) is 39.6 Å². The third-order valence-electron chi connectivity index (χ3n) is 8.57. The van der Waals surface area contributed by atoms with Crippen LogP contribution in [0.25, 0.3) is 33.4 Å². The lowest BCUT2D eigenvalue weighted by Gasteiger charge is -2.49. The maximum absolute atomic E-state index is 2.60. The second kappa shape index (κ2) is 7.75. The predicted molar refractivity (Wildman–Crippen MR) is 165 cm³/mol. The Balaban J connectivity index is 1.41. The lowest BCUT2D eigenvalue weighted by atomic mass is 9.41. The van der Waals surface area contributed by atoms with Crippen LogP contribution in [0.1, 0.15) is 0 Å². The molecule has 3 aliphatic rings. The van der Waals surface area contributed by atoms with E-state index in [1.54, 1.807) is 0 Å². The molecular weight excluding hydrogens is 471 g/mol. The van der Waals surface area contributed by atoms with Crippen LogP contribution in [0.2, 0.25) is 0 Å². The lowest BCUT2D eigenvalue weighted by Crippen LogP contribution is -2.63. The number of benzene rings is 6. The van der Waals surface area contributed by atoms with E-state index >= 15 is 0 Å². The van der Waals surface area contributed by atoms with Crippen LogP contribution in [0, 0.1) is 0 Å². The van der Waals surface area contributed by atoms with Gasteiger partial charge in [0.15, 0.2) is 0 Å². The van der Waals surface area contributed by atoms with Crippen molar-refractivity contribution in [1.29, 1.82) is 0 Å². The molecule has 0 saturated carbocycles. The summed E-state index contributed by atoms with van der Waals surface area (Å²) in [6.07, 6.45) is 0. The van der Waals surface area contributed by atoms with E-state index in [2.05, 4.69) is 149 Å². The average molecular weight is 494 g/mol. The Morgan fingerprint density at radius 1 is 0.385 bits per heavy atom. The SMILES string of the molecule is c1ccc(-c2ccc3c(c2)-c2cccc4c2B2c5c(cccc5N4c4ccccc4)-c4ccccc4N23)cc1. The molecule has 39 heavy (non-hydrogen) atoms. The zero-order valence-electron chi connectivity index (χ0n) is 21.3. The van der Waals surface area contributed by atoms with Gasteiger partial charge in [-0.1, -0.05) is 97.1 Å². The van der Waals surface area contributed by atoms with E-state index in [1.165, 1.54) is 72.7 Å². The highest BCUT2D eigenvalue weighted by atomic mass is 15.2. The molecule has 3 heterocycles. The number of rotatable bonds is 2. The Bertz CT molecular complexity index is 1930. The summed E-state index contributed by atoms with van der Waals surface area (Å²) in [6.45, 7) is 0.118. The minimum Gasteiger partial charge on any atom is -0.376 e. The van der Waals surface area contributed by atoms with Gasteiger partial charge in [-0.05, 0) is 75.6 Å². The van der Waals surface area contributed by atoms with E-state index in [4.69, 9.17) is 0 Å². The van der Waals surface area contributed by atoms with Gasteiger partial charge in [0.2, 0.25) is 0 Å². The highest BCUT2D eigenvalue weighted by molar-refractivity contribution is 6.95. The van der Waals surface area contributed by atoms with E-state index in [1.807, 2.05) is 0 Å². The largest absolute Gasteiger partial charge is 0.376 e. The number of anilines is 5. The zero-order valence-corrected chi connectivity index (χ0v) is 21.3. The Hall–Kier alpha value is -5.02. The van der Waals surface area contributed by atoms with Gasteiger partial charge in [0.1, 0.15) is 0 Å². The topological polar surface area (TPSA) is 6.48 Å². The molecule has 0 aliphatic carbocycles. The van der Waals surface area contributed by atoms with Gasteiger partial charge < -0.3 is 9.71 Å². The molecule has 0 fully saturated rings. The highest BCUT2D eigenvalue weighted by Gasteiger charge is 2.48. The maximum Gasteiger partial charge on any atom is 0.333 e.